The first-order valence-electron chi connectivity index (χ1n) is 6.30. The lowest BCUT2D eigenvalue weighted by Gasteiger charge is -2.12. The van der Waals surface area contributed by atoms with Crippen LogP contribution >= 0.6 is 0 Å². The highest BCUT2D eigenvalue weighted by atomic mass is 15.1. The molecule has 0 radical (unpaired) electrons. The van der Waals surface area contributed by atoms with Crippen LogP contribution < -0.4 is 0 Å². The maximum absolute atomic E-state index is 4.77. The summed E-state index contributed by atoms with van der Waals surface area (Å²) in [4.78, 5) is 4.77. The number of fused-ring (bicyclic) bond motifs is 1. The van der Waals surface area contributed by atoms with E-state index in [4.69, 9.17) is 4.98 Å². The Kier molecular flexibility index (Phi) is 2.63. The summed E-state index contributed by atoms with van der Waals surface area (Å²) >= 11 is 0. The monoisotopic (exact) mass is 236 g/mol. The minimum Gasteiger partial charge on any atom is -0.321 e. The van der Waals surface area contributed by atoms with Gasteiger partial charge in [-0.3, -0.25) is 0 Å². The second-order valence-corrected chi connectivity index (χ2v) is 4.75. The Balaban J connectivity index is 2.32. The zero-order valence-electron chi connectivity index (χ0n) is 10.7. The highest BCUT2D eigenvalue weighted by Crippen LogP contribution is 2.27. The van der Waals surface area contributed by atoms with E-state index in [2.05, 4.69) is 60.9 Å². The minimum absolute atomic E-state index is 0.396. The van der Waals surface area contributed by atoms with Crippen LogP contribution in [0.25, 0.3) is 22.4 Å². The summed E-state index contributed by atoms with van der Waals surface area (Å²) in [6.07, 6.45) is 0. The Bertz CT molecular complexity index is 666. The molecule has 2 aromatic carbocycles. The van der Waals surface area contributed by atoms with Crippen LogP contribution in [0.1, 0.15) is 19.9 Å². The van der Waals surface area contributed by atoms with E-state index in [9.17, 15) is 0 Å². The van der Waals surface area contributed by atoms with Gasteiger partial charge in [-0.2, -0.15) is 0 Å². The van der Waals surface area contributed by atoms with Crippen LogP contribution in [0.15, 0.2) is 54.6 Å². The van der Waals surface area contributed by atoms with Gasteiger partial charge in [0.2, 0.25) is 0 Å². The molecule has 0 saturated carbocycles. The van der Waals surface area contributed by atoms with Gasteiger partial charge in [-0.1, -0.05) is 42.5 Å². The fourth-order valence-electron chi connectivity index (χ4n) is 2.36. The van der Waals surface area contributed by atoms with Gasteiger partial charge in [0.1, 0.15) is 5.82 Å². The number of para-hydroxylation sites is 2. The van der Waals surface area contributed by atoms with Crippen LogP contribution in [0, 0.1) is 0 Å². The van der Waals surface area contributed by atoms with E-state index in [0.29, 0.717) is 6.04 Å². The molecule has 90 valence electrons. The highest BCUT2D eigenvalue weighted by Gasteiger charge is 2.13. The molecule has 0 unspecified atom stereocenters. The average molecular weight is 236 g/mol. The first-order valence-corrected chi connectivity index (χ1v) is 6.30. The van der Waals surface area contributed by atoms with Crippen LogP contribution in [0.3, 0.4) is 0 Å². The summed E-state index contributed by atoms with van der Waals surface area (Å²) < 4.78 is 2.30. The van der Waals surface area contributed by atoms with Crippen molar-refractivity contribution in [1.29, 1.82) is 0 Å². The molecule has 0 aliphatic carbocycles. The van der Waals surface area contributed by atoms with Crippen LogP contribution in [0.4, 0.5) is 0 Å². The molecule has 0 atom stereocenters. The molecule has 0 amide bonds. The summed E-state index contributed by atoms with van der Waals surface area (Å²) in [5.74, 6) is 1.05. The summed E-state index contributed by atoms with van der Waals surface area (Å²) in [5, 5.41) is 0. The van der Waals surface area contributed by atoms with Gasteiger partial charge in [0.05, 0.1) is 11.0 Å². The molecule has 3 aromatic rings. The Hall–Kier alpha value is -2.09. The van der Waals surface area contributed by atoms with E-state index < -0.39 is 0 Å². The standard InChI is InChI=1S/C16H16N2/c1-12(2)18-15-11-7-6-10-14(15)17-16(18)13-8-4-3-5-9-13/h3-12H,1-2H3. The topological polar surface area (TPSA) is 17.8 Å². The molecular formula is C16H16N2. The van der Waals surface area contributed by atoms with Crippen LogP contribution in [-0.4, -0.2) is 9.55 Å². The quantitative estimate of drug-likeness (QED) is 0.649. The van der Waals surface area contributed by atoms with Gasteiger partial charge in [-0.25, -0.2) is 4.98 Å². The number of hydrogen-bond acceptors (Lipinski definition) is 1. The molecular weight excluding hydrogens is 220 g/mol. The van der Waals surface area contributed by atoms with Crippen molar-refractivity contribution in [3.8, 4) is 11.4 Å². The number of imidazole rings is 1. The molecule has 0 saturated heterocycles. The summed E-state index contributed by atoms with van der Waals surface area (Å²) in [5.41, 5.74) is 3.43. The molecule has 3 rings (SSSR count). The van der Waals surface area contributed by atoms with Gasteiger partial charge >= 0.3 is 0 Å². The second kappa shape index (κ2) is 4.30. The predicted octanol–water partition coefficient (Wildman–Crippen LogP) is 4.28. The largest absolute Gasteiger partial charge is 0.321 e. The SMILES string of the molecule is CC(C)n1c(-c2ccccc2)nc2ccccc21. The Morgan fingerprint density at radius 3 is 2.28 bits per heavy atom. The van der Waals surface area contributed by atoms with Crippen LogP contribution in [0.5, 0.6) is 0 Å². The van der Waals surface area contributed by atoms with Crippen LogP contribution in [0.2, 0.25) is 0 Å². The number of benzene rings is 2. The highest BCUT2D eigenvalue weighted by molar-refractivity contribution is 5.80. The minimum atomic E-state index is 0.396. The Labute approximate surface area is 107 Å². The maximum atomic E-state index is 4.77. The van der Waals surface area contributed by atoms with Crippen molar-refractivity contribution in [2.45, 2.75) is 19.9 Å². The second-order valence-electron chi connectivity index (χ2n) is 4.75. The normalized spacial score (nSPS) is 11.3. The lowest BCUT2D eigenvalue weighted by atomic mass is 10.2. The first kappa shape index (κ1) is 11.0. The Morgan fingerprint density at radius 2 is 1.56 bits per heavy atom. The molecule has 2 nitrogen and oxygen atoms in total. The molecule has 1 heterocycles. The fourth-order valence-corrected chi connectivity index (χ4v) is 2.36. The van der Waals surface area contributed by atoms with E-state index >= 15 is 0 Å². The van der Waals surface area contributed by atoms with E-state index in [1.807, 2.05) is 12.1 Å². The number of aromatic nitrogens is 2. The van der Waals surface area contributed by atoms with Crippen molar-refractivity contribution in [2.75, 3.05) is 0 Å². The average Bonchev–Trinajstić information content (AvgIpc) is 2.79. The number of nitrogens with zero attached hydrogens (tertiary/aromatic N) is 2. The molecule has 0 N–H and O–H groups in total. The first-order chi connectivity index (χ1) is 8.77. The van der Waals surface area contributed by atoms with E-state index in [1.165, 1.54) is 11.1 Å². The zero-order valence-corrected chi connectivity index (χ0v) is 10.7. The number of hydrogen-bond donors (Lipinski definition) is 0. The molecule has 0 aliphatic rings. The van der Waals surface area contributed by atoms with Crippen LogP contribution in [-0.2, 0) is 0 Å². The lowest BCUT2D eigenvalue weighted by Crippen LogP contribution is -2.02. The summed E-state index contributed by atoms with van der Waals surface area (Å²) in [7, 11) is 0. The van der Waals surface area contributed by atoms with Crippen molar-refractivity contribution >= 4 is 11.0 Å². The zero-order chi connectivity index (χ0) is 12.5. The predicted molar refractivity (Wildman–Crippen MR) is 75.6 cm³/mol. The molecule has 1 aromatic heterocycles. The molecule has 18 heavy (non-hydrogen) atoms. The third kappa shape index (κ3) is 1.70. The Morgan fingerprint density at radius 1 is 0.889 bits per heavy atom. The molecule has 0 bridgehead atoms. The third-order valence-corrected chi connectivity index (χ3v) is 3.14. The smallest absolute Gasteiger partial charge is 0.141 e. The van der Waals surface area contributed by atoms with E-state index in [0.717, 1.165) is 11.3 Å². The molecule has 2 heteroatoms. The van der Waals surface area contributed by atoms with E-state index in [-0.39, 0.29) is 0 Å². The fraction of sp³-hybridized carbons (Fsp3) is 0.188. The van der Waals surface area contributed by atoms with Gasteiger partial charge in [-0.15, -0.1) is 0 Å². The van der Waals surface area contributed by atoms with Gasteiger partial charge in [0.15, 0.2) is 0 Å². The van der Waals surface area contributed by atoms with Gasteiger partial charge < -0.3 is 4.57 Å². The molecule has 0 spiro atoms. The van der Waals surface area contributed by atoms with Gasteiger partial charge in [-0.05, 0) is 26.0 Å². The van der Waals surface area contributed by atoms with Crippen molar-refractivity contribution in [2.24, 2.45) is 0 Å². The molecule has 0 fully saturated rings. The molecule has 0 aliphatic heterocycles. The summed E-state index contributed by atoms with van der Waals surface area (Å²) in [6, 6.07) is 19.1. The maximum Gasteiger partial charge on any atom is 0.141 e. The van der Waals surface area contributed by atoms with Crippen molar-refractivity contribution in [3.63, 3.8) is 0 Å². The number of rotatable bonds is 2. The van der Waals surface area contributed by atoms with Gasteiger partial charge in [0.25, 0.3) is 0 Å². The third-order valence-electron chi connectivity index (χ3n) is 3.14. The van der Waals surface area contributed by atoms with Crippen molar-refractivity contribution in [1.82, 2.24) is 9.55 Å². The van der Waals surface area contributed by atoms with Crippen molar-refractivity contribution in [3.05, 3.63) is 54.6 Å². The van der Waals surface area contributed by atoms with Crippen molar-refractivity contribution < 1.29 is 0 Å². The van der Waals surface area contributed by atoms with E-state index in [1.54, 1.807) is 0 Å². The van der Waals surface area contributed by atoms with Gasteiger partial charge in [0, 0.05) is 11.6 Å². The summed E-state index contributed by atoms with van der Waals surface area (Å²) in [6.45, 7) is 4.39. The lowest BCUT2D eigenvalue weighted by molar-refractivity contribution is 0.624.